The van der Waals surface area contributed by atoms with E-state index in [1.165, 1.54) is 0 Å². The smallest absolute Gasteiger partial charge is 0.115 e. The SMILES string of the molecule is CC(C)(O)[C@@H]1O[C@H]1C(C)(C)O. The molecule has 2 N–H and O–H groups in total. The maximum absolute atomic E-state index is 9.46. The molecule has 0 bridgehead atoms. The first kappa shape index (κ1) is 8.97. The fraction of sp³-hybridized carbons (Fsp3) is 1.00. The second-order valence-corrected chi connectivity index (χ2v) is 4.28. The van der Waals surface area contributed by atoms with Gasteiger partial charge in [0.15, 0.2) is 0 Å². The van der Waals surface area contributed by atoms with Crippen molar-refractivity contribution >= 4 is 0 Å². The molecule has 2 atom stereocenters. The third-order valence-corrected chi connectivity index (χ3v) is 1.88. The molecule has 1 saturated heterocycles. The summed E-state index contributed by atoms with van der Waals surface area (Å²) in [5, 5.41) is 18.9. The lowest BCUT2D eigenvalue weighted by molar-refractivity contribution is 0.0443. The Bertz CT molecular complexity index is 134. The Hall–Kier alpha value is -0.120. The van der Waals surface area contributed by atoms with Crippen LogP contribution in [0.15, 0.2) is 0 Å². The molecule has 3 heteroatoms. The second kappa shape index (κ2) is 2.19. The van der Waals surface area contributed by atoms with Crippen LogP contribution in [0.1, 0.15) is 27.7 Å². The molecule has 0 unspecified atom stereocenters. The van der Waals surface area contributed by atoms with E-state index in [9.17, 15) is 10.2 Å². The Balaban J connectivity index is 2.51. The Labute approximate surface area is 67.0 Å². The third kappa shape index (κ3) is 1.92. The Morgan fingerprint density at radius 1 is 0.909 bits per heavy atom. The zero-order valence-electron chi connectivity index (χ0n) is 7.46. The fourth-order valence-corrected chi connectivity index (χ4v) is 1.19. The van der Waals surface area contributed by atoms with E-state index >= 15 is 0 Å². The van der Waals surface area contributed by atoms with Gasteiger partial charge in [0.25, 0.3) is 0 Å². The number of hydrogen-bond acceptors (Lipinski definition) is 3. The predicted octanol–water partition coefficient (Wildman–Crippen LogP) is 0.296. The van der Waals surface area contributed by atoms with Crippen molar-refractivity contribution in [1.82, 2.24) is 0 Å². The second-order valence-electron chi connectivity index (χ2n) is 4.28. The quantitative estimate of drug-likeness (QED) is 0.571. The average Bonchev–Trinajstić information content (AvgIpc) is 2.30. The van der Waals surface area contributed by atoms with Crippen LogP contribution in [0.25, 0.3) is 0 Å². The molecular formula is C8H16O3. The first-order valence-electron chi connectivity index (χ1n) is 3.83. The van der Waals surface area contributed by atoms with Gasteiger partial charge in [0.05, 0.1) is 11.2 Å². The van der Waals surface area contributed by atoms with E-state index in [0.717, 1.165) is 0 Å². The molecule has 1 fully saturated rings. The molecular weight excluding hydrogens is 144 g/mol. The largest absolute Gasteiger partial charge is 0.388 e. The van der Waals surface area contributed by atoms with E-state index in [1.807, 2.05) is 0 Å². The highest BCUT2D eigenvalue weighted by molar-refractivity contribution is 5.03. The van der Waals surface area contributed by atoms with E-state index in [1.54, 1.807) is 27.7 Å². The van der Waals surface area contributed by atoms with Crippen molar-refractivity contribution in [1.29, 1.82) is 0 Å². The van der Waals surface area contributed by atoms with Gasteiger partial charge in [-0.2, -0.15) is 0 Å². The molecule has 0 spiro atoms. The maximum Gasteiger partial charge on any atom is 0.115 e. The molecule has 0 amide bonds. The zero-order chi connectivity index (χ0) is 8.86. The molecule has 0 saturated carbocycles. The van der Waals surface area contributed by atoms with Gasteiger partial charge in [0.2, 0.25) is 0 Å². The van der Waals surface area contributed by atoms with Crippen LogP contribution >= 0.6 is 0 Å². The monoisotopic (exact) mass is 160 g/mol. The van der Waals surface area contributed by atoms with Gasteiger partial charge in [0, 0.05) is 0 Å². The van der Waals surface area contributed by atoms with Gasteiger partial charge in [-0.15, -0.1) is 0 Å². The molecule has 0 aromatic rings. The van der Waals surface area contributed by atoms with Gasteiger partial charge < -0.3 is 14.9 Å². The highest BCUT2D eigenvalue weighted by atomic mass is 16.6. The van der Waals surface area contributed by atoms with Crippen molar-refractivity contribution in [2.45, 2.75) is 51.1 Å². The molecule has 66 valence electrons. The summed E-state index contributed by atoms with van der Waals surface area (Å²) in [7, 11) is 0. The van der Waals surface area contributed by atoms with E-state index < -0.39 is 11.2 Å². The van der Waals surface area contributed by atoms with Gasteiger partial charge in [-0.05, 0) is 27.7 Å². The van der Waals surface area contributed by atoms with Crippen molar-refractivity contribution in [3.05, 3.63) is 0 Å². The lowest BCUT2D eigenvalue weighted by Crippen LogP contribution is -2.36. The normalized spacial score (nSPS) is 32.2. The van der Waals surface area contributed by atoms with Gasteiger partial charge >= 0.3 is 0 Å². The van der Waals surface area contributed by atoms with Crippen LogP contribution < -0.4 is 0 Å². The van der Waals surface area contributed by atoms with Gasteiger partial charge in [0.1, 0.15) is 12.2 Å². The standard InChI is InChI=1S/C8H16O3/c1-7(2,9)5-6(11-5)8(3,4)10/h5-6,9-10H,1-4H3/t5-,6-/m1/s1. The minimum Gasteiger partial charge on any atom is -0.388 e. The van der Waals surface area contributed by atoms with Crippen LogP contribution in [-0.2, 0) is 4.74 Å². The molecule has 3 nitrogen and oxygen atoms in total. The average molecular weight is 160 g/mol. The summed E-state index contributed by atoms with van der Waals surface area (Å²) in [6.07, 6.45) is -0.440. The van der Waals surface area contributed by atoms with Crippen LogP contribution in [0.3, 0.4) is 0 Å². The Kier molecular flexibility index (Phi) is 1.78. The van der Waals surface area contributed by atoms with Crippen molar-refractivity contribution in [2.75, 3.05) is 0 Å². The number of aliphatic hydroxyl groups is 2. The van der Waals surface area contributed by atoms with Gasteiger partial charge in [-0.25, -0.2) is 0 Å². The van der Waals surface area contributed by atoms with E-state index in [0.29, 0.717) is 0 Å². The fourth-order valence-electron chi connectivity index (χ4n) is 1.19. The molecule has 1 aliphatic rings. The molecule has 0 radical (unpaired) electrons. The summed E-state index contributed by atoms with van der Waals surface area (Å²) in [5.74, 6) is 0. The number of hydrogen-bond donors (Lipinski definition) is 2. The molecule has 0 aromatic carbocycles. The summed E-state index contributed by atoms with van der Waals surface area (Å²) >= 11 is 0. The van der Waals surface area contributed by atoms with E-state index in [-0.39, 0.29) is 12.2 Å². The topological polar surface area (TPSA) is 53.0 Å². The van der Waals surface area contributed by atoms with Crippen LogP contribution in [0, 0.1) is 0 Å². The van der Waals surface area contributed by atoms with Crippen LogP contribution in [-0.4, -0.2) is 33.6 Å². The number of epoxide rings is 1. The van der Waals surface area contributed by atoms with Crippen LogP contribution in [0.4, 0.5) is 0 Å². The predicted molar refractivity (Wildman–Crippen MR) is 41.3 cm³/mol. The van der Waals surface area contributed by atoms with Crippen molar-refractivity contribution < 1.29 is 14.9 Å². The van der Waals surface area contributed by atoms with Crippen molar-refractivity contribution in [3.63, 3.8) is 0 Å². The first-order valence-corrected chi connectivity index (χ1v) is 3.83. The number of ether oxygens (including phenoxy) is 1. The summed E-state index contributed by atoms with van der Waals surface area (Å²) in [5.41, 5.74) is -1.69. The highest BCUT2D eigenvalue weighted by Crippen LogP contribution is 2.38. The zero-order valence-corrected chi connectivity index (χ0v) is 7.46. The van der Waals surface area contributed by atoms with E-state index in [4.69, 9.17) is 4.74 Å². The minimum absolute atomic E-state index is 0.220. The first-order chi connectivity index (χ1) is 4.73. The molecule has 1 rings (SSSR count). The third-order valence-electron chi connectivity index (χ3n) is 1.88. The van der Waals surface area contributed by atoms with Crippen molar-refractivity contribution in [2.24, 2.45) is 0 Å². The minimum atomic E-state index is -0.843. The lowest BCUT2D eigenvalue weighted by atomic mass is 9.94. The van der Waals surface area contributed by atoms with Gasteiger partial charge in [-0.1, -0.05) is 0 Å². The van der Waals surface area contributed by atoms with Crippen LogP contribution in [0.2, 0.25) is 0 Å². The van der Waals surface area contributed by atoms with E-state index in [2.05, 4.69) is 0 Å². The number of rotatable bonds is 2. The summed E-state index contributed by atoms with van der Waals surface area (Å²) < 4.78 is 5.15. The molecule has 0 aromatic heterocycles. The molecule has 1 heterocycles. The Morgan fingerprint density at radius 3 is 1.27 bits per heavy atom. The summed E-state index contributed by atoms with van der Waals surface area (Å²) in [6, 6.07) is 0. The van der Waals surface area contributed by atoms with Crippen molar-refractivity contribution in [3.8, 4) is 0 Å². The van der Waals surface area contributed by atoms with Gasteiger partial charge in [-0.3, -0.25) is 0 Å². The Morgan fingerprint density at radius 2 is 1.18 bits per heavy atom. The molecule has 0 aliphatic carbocycles. The maximum atomic E-state index is 9.46. The summed E-state index contributed by atoms with van der Waals surface area (Å²) in [6.45, 7) is 6.74. The molecule has 1 aliphatic heterocycles. The molecule has 11 heavy (non-hydrogen) atoms. The van der Waals surface area contributed by atoms with Crippen LogP contribution in [0.5, 0.6) is 0 Å². The summed E-state index contributed by atoms with van der Waals surface area (Å²) in [4.78, 5) is 0. The lowest BCUT2D eigenvalue weighted by Gasteiger charge is -2.18. The highest BCUT2D eigenvalue weighted by Gasteiger charge is 2.55.